The number of nitriles is 1. The maximum Gasteiger partial charge on any atom is 0.340 e. The summed E-state index contributed by atoms with van der Waals surface area (Å²) < 4.78 is 10.2. The van der Waals surface area contributed by atoms with E-state index in [1.54, 1.807) is 48.7 Å². The largest absolute Gasteiger partial charge is 0.467 e. The van der Waals surface area contributed by atoms with E-state index in [1.165, 1.54) is 6.92 Å². The van der Waals surface area contributed by atoms with Gasteiger partial charge in [0.15, 0.2) is 12.4 Å². The van der Waals surface area contributed by atoms with Gasteiger partial charge in [0.25, 0.3) is 0 Å². The fourth-order valence-electron chi connectivity index (χ4n) is 2.12. The number of nitrogens with one attached hydrogen (secondary N) is 2. The number of nitrogens with zero attached hydrogens (tertiary/aromatic N) is 1. The highest BCUT2D eigenvalue weighted by Gasteiger charge is 2.22. The van der Waals surface area contributed by atoms with E-state index in [0.29, 0.717) is 18.0 Å². The normalized spacial score (nSPS) is 11.2. The summed E-state index contributed by atoms with van der Waals surface area (Å²) in [5.41, 5.74) is 0.724. The third kappa shape index (κ3) is 4.78. The second-order valence-corrected chi connectivity index (χ2v) is 5.27. The number of Topliss-reactive ketones (excluding diaryl/α,β-unsaturated/α-hetero) is 1. The SMILES string of the molecule is CC(=N)C(C#N)C(=O)COC(=O)c1ccccc1NCc1ccco1. The number of ether oxygens (including phenoxy) is 1. The fraction of sp³-hybridized carbons (Fsp3) is 0.222. The van der Waals surface area contributed by atoms with Crippen LogP contribution < -0.4 is 5.32 Å². The average Bonchev–Trinajstić information content (AvgIpc) is 3.12. The minimum Gasteiger partial charge on any atom is -0.467 e. The topological polar surface area (TPSA) is 116 Å². The molecule has 25 heavy (non-hydrogen) atoms. The molecule has 7 nitrogen and oxygen atoms in total. The van der Waals surface area contributed by atoms with Gasteiger partial charge in [0.2, 0.25) is 0 Å². The van der Waals surface area contributed by atoms with Crippen LogP contribution in [0.4, 0.5) is 5.69 Å². The molecule has 1 unspecified atom stereocenters. The Balaban J connectivity index is 2.01. The first-order chi connectivity index (χ1) is 12.0. The number of benzene rings is 1. The highest BCUT2D eigenvalue weighted by molar-refractivity contribution is 6.06. The number of anilines is 1. The fourth-order valence-corrected chi connectivity index (χ4v) is 2.12. The summed E-state index contributed by atoms with van der Waals surface area (Å²) in [5, 5.41) is 19.3. The van der Waals surface area contributed by atoms with Gasteiger partial charge in [0.05, 0.1) is 24.4 Å². The van der Waals surface area contributed by atoms with Gasteiger partial charge in [0, 0.05) is 11.4 Å². The summed E-state index contributed by atoms with van der Waals surface area (Å²) >= 11 is 0. The van der Waals surface area contributed by atoms with E-state index in [-0.39, 0.29) is 11.3 Å². The minimum atomic E-state index is -1.19. The Kier molecular flexibility index (Phi) is 6.07. The number of carbonyl (C=O) groups excluding carboxylic acids is 2. The summed E-state index contributed by atoms with van der Waals surface area (Å²) in [6.07, 6.45) is 1.56. The predicted octanol–water partition coefficient (Wildman–Crippen LogP) is 2.80. The van der Waals surface area contributed by atoms with Crippen molar-refractivity contribution < 1.29 is 18.7 Å². The smallest absolute Gasteiger partial charge is 0.340 e. The van der Waals surface area contributed by atoms with Gasteiger partial charge in [-0.2, -0.15) is 5.26 Å². The van der Waals surface area contributed by atoms with E-state index in [4.69, 9.17) is 19.8 Å². The number of para-hydroxylation sites is 1. The number of hydrogen-bond donors (Lipinski definition) is 2. The Morgan fingerprint density at radius 1 is 1.32 bits per heavy atom. The molecule has 0 saturated heterocycles. The van der Waals surface area contributed by atoms with E-state index in [2.05, 4.69) is 5.32 Å². The van der Waals surface area contributed by atoms with Gasteiger partial charge >= 0.3 is 5.97 Å². The van der Waals surface area contributed by atoms with Crippen LogP contribution in [0.25, 0.3) is 0 Å². The lowest BCUT2D eigenvalue weighted by Crippen LogP contribution is -2.25. The van der Waals surface area contributed by atoms with Crippen molar-refractivity contribution in [3.05, 3.63) is 54.0 Å². The van der Waals surface area contributed by atoms with E-state index in [1.807, 2.05) is 0 Å². The van der Waals surface area contributed by atoms with Crippen LogP contribution in [-0.2, 0) is 16.1 Å². The molecule has 0 bridgehead atoms. The number of esters is 1. The zero-order valence-electron chi connectivity index (χ0n) is 13.6. The van der Waals surface area contributed by atoms with Gasteiger partial charge in [-0.1, -0.05) is 12.1 Å². The van der Waals surface area contributed by atoms with Crippen molar-refractivity contribution in [2.24, 2.45) is 5.92 Å². The number of hydrogen-bond acceptors (Lipinski definition) is 7. The molecule has 0 amide bonds. The Morgan fingerprint density at radius 3 is 2.72 bits per heavy atom. The van der Waals surface area contributed by atoms with Crippen molar-refractivity contribution in [1.29, 1.82) is 10.7 Å². The third-order valence-corrected chi connectivity index (χ3v) is 3.41. The molecule has 0 aliphatic carbocycles. The summed E-state index contributed by atoms with van der Waals surface area (Å²) in [6.45, 7) is 1.20. The van der Waals surface area contributed by atoms with Crippen LogP contribution in [0.5, 0.6) is 0 Å². The molecule has 0 radical (unpaired) electrons. The van der Waals surface area contributed by atoms with Gasteiger partial charge in [0.1, 0.15) is 11.7 Å². The first-order valence-electron chi connectivity index (χ1n) is 7.52. The quantitative estimate of drug-likeness (QED) is 0.564. The van der Waals surface area contributed by atoms with Crippen LogP contribution in [0.15, 0.2) is 47.1 Å². The Morgan fingerprint density at radius 2 is 2.08 bits per heavy atom. The molecular formula is C18H17N3O4. The van der Waals surface area contributed by atoms with Crippen LogP contribution in [-0.4, -0.2) is 24.1 Å². The van der Waals surface area contributed by atoms with Crippen molar-refractivity contribution in [2.45, 2.75) is 13.5 Å². The number of rotatable bonds is 8. The molecule has 1 heterocycles. The van der Waals surface area contributed by atoms with Gasteiger partial charge in [-0.3, -0.25) is 4.79 Å². The van der Waals surface area contributed by atoms with Crippen LogP contribution in [0.3, 0.4) is 0 Å². The maximum atomic E-state index is 12.2. The summed E-state index contributed by atoms with van der Waals surface area (Å²) in [5.74, 6) is -1.80. The van der Waals surface area contributed by atoms with Crippen molar-refractivity contribution in [1.82, 2.24) is 0 Å². The molecule has 128 valence electrons. The average molecular weight is 339 g/mol. The monoisotopic (exact) mass is 339 g/mol. The molecule has 0 aliphatic rings. The van der Waals surface area contributed by atoms with Crippen molar-refractivity contribution in [3.8, 4) is 6.07 Å². The van der Waals surface area contributed by atoms with Crippen molar-refractivity contribution in [2.75, 3.05) is 11.9 Å². The minimum absolute atomic E-state index is 0.0796. The molecule has 0 fully saturated rings. The predicted molar refractivity (Wildman–Crippen MR) is 90.3 cm³/mol. The zero-order valence-corrected chi connectivity index (χ0v) is 13.6. The molecule has 0 aliphatic heterocycles. The van der Waals surface area contributed by atoms with Gasteiger partial charge in [-0.05, 0) is 31.2 Å². The van der Waals surface area contributed by atoms with Crippen molar-refractivity contribution in [3.63, 3.8) is 0 Å². The van der Waals surface area contributed by atoms with E-state index < -0.39 is 24.3 Å². The third-order valence-electron chi connectivity index (χ3n) is 3.41. The highest BCUT2D eigenvalue weighted by atomic mass is 16.5. The zero-order chi connectivity index (χ0) is 18.2. The molecule has 7 heteroatoms. The first-order valence-corrected chi connectivity index (χ1v) is 7.52. The lowest BCUT2D eigenvalue weighted by molar-refractivity contribution is -0.122. The molecule has 2 aromatic rings. The molecule has 1 aromatic carbocycles. The molecule has 0 spiro atoms. The summed E-state index contributed by atoms with van der Waals surface area (Å²) in [6, 6.07) is 12.0. The van der Waals surface area contributed by atoms with Crippen LogP contribution in [0.1, 0.15) is 23.0 Å². The molecule has 1 atom stereocenters. The number of carbonyl (C=O) groups is 2. The Bertz CT molecular complexity index is 806. The molecule has 1 aromatic heterocycles. The molecule has 2 N–H and O–H groups in total. The van der Waals surface area contributed by atoms with Gasteiger partial charge < -0.3 is 19.9 Å². The summed E-state index contributed by atoms with van der Waals surface area (Å²) in [4.78, 5) is 24.1. The van der Waals surface area contributed by atoms with Crippen LogP contribution in [0.2, 0.25) is 0 Å². The molecule has 2 rings (SSSR count). The molecule has 0 saturated carbocycles. The summed E-state index contributed by atoms with van der Waals surface area (Å²) in [7, 11) is 0. The van der Waals surface area contributed by atoms with Crippen molar-refractivity contribution >= 4 is 23.2 Å². The Labute approximate surface area is 144 Å². The molecular weight excluding hydrogens is 322 g/mol. The first kappa shape index (κ1) is 17.9. The lowest BCUT2D eigenvalue weighted by atomic mass is 10.0. The van der Waals surface area contributed by atoms with E-state index in [9.17, 15) is 9.59 Å². The van der Waals surface area contributed by atoms with E-state index in [0.717, 1.165) is 0 Å². The second-order valence-electron chi connectivity index (χ2n) is 5.27. The van der Waals surface area contributed by atoms with Gasteiger partial charge in [-0.25, -0.2) is 4.79 Å². The second kappa shape index (κ2) is 8.45. The van der Waals surface area contributed by atoms with Crippen LogP contribution >= 0.6 is 0 Å². The lowest BCUT2D eigenvalue weighted by Gasteiger charge is -2.11. The van der Waals surface area contributed by atoms with Gasteiger partial charge in [-0.15, -0.1) is 0 Å². The number of ketones is 1. The van der Waals surface area contributed by atoms with Crippen LogP contribution in [0, 0.1) is 22.7 Å². The standard InChI is InChI=1S/C18H17N3O4/c1-12(20)15(9-19)17(22)11-25-18(23)14-6-2-3-7-16(14)21-10-13-5-4-8-24-13/h2-8,15,20-21H,10-11H2,1H3. The Hall–Kier alpha value is -3.40. The highest BCUT2D eigenvalue weighted by Crippen LogP contribution is 2.17. The number of furan rings is 1. The maximum absolute atomic E-state index is 12.2. The van der Waals surface area contributed by atoms with E-state index >= 15 is 0 Å².